The number of nitrogens with one attached hydrogen (secondary N) is 1. The van der Waals surface area contributed by atoms with E-state index in [1.807, 2.05) is 0 Å². The van der Waals surface area contributed by atoms with Crippen LogP contribution in [0.2, 0.25) is 0 Å². The molecular weight excluding hydrogens is 276 g/mol. The Morgan fingerprint density at radius 3 is 2.62 bits per heavy atom. The first-order valence-electron chi connectivity index (χ1n) is 6.20. The lowest BCUT2D eigenvalue weighted by Crippen LogP contribution is -2.02. The van der Waals surface area contributed by atoms with Crippen LogP contribution in [0.3, 0.4) is 0 Å². The Hall–Kier alpha value is -2.83. The fourth-order valence-electron chi connectivity index (χ4n) is 1.96. The normalized spacial score (nSPS) is 10.4. The van der Waals surface area contributed by atoms with Crippen molar-refractivity contribution in [3.63, 3.8) is 0 Å². The molecule has 21 heavy (non-hydrogen) atoms. The number of carboxylic acid groups (broad SMARTS) is 1. The summed E-state index contributed by atoms with van der Waals surface area (Å²) in [4.78, 5) is 21.1. The van der Waals surface area contributed by atoms with E-state index in [2.05, 4.69) is 5.32 Å². The number of nitro benzene ring substituents is 1. The van der Waals surface area contributed by atoms with E-state index in [9.17, 15) is 14.9 Å². The third-order valence-electron chi connectivity index (χ3n) is 3.07. The van der Waals surface area contributed by atoms with E-state index >= 15 is 0 Å². The number of carboxylic acids is 1. The van der Waals surface area contributed by atoms with Crippen molar-refractivity contribution in [2.75, 3.05) is 5.32 Å². The summed E-state index contributed by atoms with van der Waals surface area (Å²) in [5, 5.41) is 22.7. The van der Waals surface area contributed by atoms with E-state index in [4.69, 9.17) is 9.52 Å². The first kappa shape index (κ1) is 14.6. The molecule has 0 aliphatic heterocycles. The van der Waals surface area contributed by atoms with Crippen molar-refractivity contribution in [1.82, 2.24) is 0 Å². The van der Waals surface area contributed by atoms with Crippen molar-refractivity contribution in [3.05, 3.63) is 57.0 Å². The van der Waals surface area contributed by atoms with E-state index in [0.29, 0.717) is 17.9 Å². The minimum absolute atomic E-state index is 0.0733. The molecule has 0 radical (unpaired) electrons. The highest BCUT2D eigenvalue weighted by molar-refractivity contribution is 5.84. The van der Waals surface area contributed by atoms with Crippen LogP contribution in [0.4, 0.5) is 11.4 Å². The van der Waals surface area contributed by atoms with Crippen LogP contribution in [-0.4, -0.2) is 16.0 Å². The quantitative estimate of drug-likeness (QED) is 0.647. The standard InChI is InChI=1S/C14H14N2O5/c1-8-6-12(16(19)20)9(2)5-11(8)15-7-10-3-4-13(21-10)14(17)18/h3-6,15H,7H2,1-2H3,(H,17,18). The van der Waals surface area contributed by atoms with Gasteiger partial charge in [-0.3, -0.25) is 10.1 Å². The van der Waals surface area contributed by atoms with E-state index in [-0.39, 0.29) is 11.4 Å². The van der Waals surface area contributed by atoms with Gasteiger partial charge in [0, 0.05) is 17.3 Å². The molecule has 1 heterocycles. The zero-order chi connectivity index (χ0) is 15.6. The highest BCUT2D eigenvalue weighted by atomic mass is 16.6. The molecule has 0 spiro atoms. The second-order valence-corrected chi connectivity index (χ2v) is 4.64. The maximum absolute atomic E-state index is 10.8. The van der Waals surface area contributed by atoms with Crippen molar-refractivity contribution in [1.29, 1.82) is 0 Å². The molecule has 0 fully saturated rings. The lowest BCUT2D eigenvalue weighted by Gasteiger charge is -2.09. The number of furan rings is 1. The molecule has 7 nitrogen and oxygen atoms in total. The fourth-order valence-corrected chi connectivity index (χ4v) is 1.96. The Kier molecular flexibility index (Phi) is 3.93. The molecule has 2 rings (SSSR count). The highest BCUT2D eigenvalue weighted by Gasteiger charge is 2.14. The number of hydrogen-bond acceptors (Lipinski definition) is 5. The molecule has 2 N–H and O–H groups in total. The van der Waals surface area contributed by atoms with Crippen LogP contribution >= 0.6 is 0 Å². The topological polar surface area (TPSA) is 106 Å². The van der Waals surface area contributed by atoms with Gasteiger partial charge in [-0.1, -0.05) is 0 Å². The lowest BCUT2D eigenvalue weighted by atomic mass is 10.1. The molecule has 7 heteroatoms. The van der Waals surface area contributed by atoms with Crippen molar-refractivity contribution in [3.8, 4) is 0 Å². The summed E-state index contributed by atoms with van der Waals surface area (Å²) in [6, 6.07) is 6.15. The van der Waals surface area contributed by atoms with Crippen LogP contribution in [0.5, 0.6) is 0 Å². The molecule has 0 aliphatic carbocycles. The molecule has 0 atom stereocenters. The van der Waals surface area contributed by atoms with E-state index in [0.717, 1.165) is 11.3 Å². The molecule has 0 bridgehead atoms. The number of aromatic carboxylic acids is 1. The maximum Gasteiger partial charge on any atom is 0.371 e. The van der Waals surface area contributed by atoms with Crippen molar-refractivity contribution < 1.29 is 19.2 Å². The van der Waals surface area contributed by atoms with Gasteiger partial charge in [0.15, 0.2) is 0 Å². The fraction of sp³-hybridized carbons (Fsp3) is 0.214. The largest absolute Gasteiger partial charge is 0.475 e. The van der Waals surface area contributed by atoms with Crippen molar-refractivity contribution >= 4 is 17.3 Å². The van der Waals surface area contributed by atoms with Gasteiger partial charge >= 0.3 is 5.97 Å². The van der Waals surface area contributed by atoms with Crippen molar-refractivity contribution in [2.45, 2.75) is 20.4 Å². The summed E-state index contributed by atoms with van der Waals surface area (Å²) in [5.74, 6) is -0.769. The number of nitro groups is 1. The first-order valence-corrected chi connectivity index (χ1v) is 6.20. The Morgan fingerprint density at radius 1 is 1.33 bits per heavy atom. The Labute approximate surface area is 120 Å². The number of anilines is 1. The number of aryl methyl sites for hydroxylation is 2. The molecule has 0 aliphatic rings. The van der Waals surface area contributed by atoms with E-state index in [1.54, 1.807) is 26.0 Å². The smallest absolute Gasteiger partial charge is 0.371 e. The molecule has 1 aromatic carbocycles. The number of nitrogens with zero attached hydrogens (tertiary/aromatic N) is 1. The number of benzene rings is 1. The zero-order valence-corrected chi connectivity index (χ0v) is 11.5. The molecule has 0 amide bonds. The third-order valence-corrected chi connectivity index (χ3v) is 3.07. The zero-order valence-electron chi connectivity index (χ0n) is 11.5. The second kappa shape index (κ2) is 5.66. The van der Waals surface area contributed by atoms with Crippen LogP contribution in [0.1, 0.15) is 27.4 Å². The summed E-state index contributed by atoms with van der Waals surface area (Å²) in [6.07, 6.45) is 0. The molecule has 110 valence electrons. The summed E-state index contributed by atoms with van der Waals surface area (Å²) in [7, 11) is 0. The predicted octanol–water partition coefficient (Wildman–Crippen LogP) is 3.11. The lowest BCUT2D eigenvalue weighted by molar-refractivity contribution is -0.385. The monoisotopic (exact) mass is 290 g/mol. The molecule has 1 aromatic heterocycles. The number of rotatable bonds is 5. The van der Waals surface area contributed by atoms with Crippen LogP contribution in [0.25, 0.3) is 0 Å². The molecule has 0 saturated carbocycles. The molecular formula is C14H14N2O5. The van der Waals surface area contributed by atoms with Crippen LogP contribution in [0, 0.1) is 24.0 Å². The summed E-state index contributed by atoms with van der Waals surface area (Å²) < 4.78 is 5.13. The Balaban J connectivity index is 2.14. The van der Waals surface area contributed by atoms with E-state index in [1.165, 1.54) is 12.1 Å². The van der Waals surface area contributed by atoms with Crippen LogP contribution in [-0.2, 0) is 6.54 Å². The van der Waals surface area contributed by atoms with Gasteiger partial charge < -0.3 is 14.8 Å². The third kappa shape index (κ3) is 3.19. The average molecular weight is 290 g/mol. The summed E-state index contributed by atoms with van der Waals surface area (Å²) in [6.45, 7) is 3.73. The summed E-state index contributed by atoms with van der Waals surface area (Å²) in [5.41, 5.74) is 2.10. The van der Waals surface area contributed by atoms with Gasteiger partial charge in [-0.15, -0.1) is 0 Å². The minimum atomic E-state index is -1.12. The van der Waals surface area contributed by atoms with Crippen LogP contribution in [0.15, 0.2) is 28.7 Å². The van der Waals surface area contributed by atoms with Gasteiger partial charge in [0.1, 0.15) is 5.76 Å². The molecule has 0 saturated heterocycles. The predicted molar refractivity (Wildman–Crippen MR) is 75.6 cm³/mol. The summed E-state index contributed by atoms with van der Waals surface area (Å²) >= 11 is 0. The van der Waals surface area contributed by atoms with Gasteiger partial charge in [0.05, 0.1) is 11.5 Å². The van der Waals surface area contributed by atoms with Gasteiger partial charge in [0.25, 0.3) is 5.69 Å². The maximum atomic E-state index is 10.8. The van der Waals surface area contributed by atoms with Crippen molar-refractivity contribution in [2.24, 2.45) is 0 Å². The molecule has 2 aromatic rings. The Morgan fingerprint density at radius 2 is 2.05 bits per heavy atom. The van der Waals surface area contributed by atoms with Gasteiger partial charge in [-0.05, 0) is 37.6 Å². The SMILES string of the molecule is Cc1cc([N+](=O)[O-])c(C)cc1NCc1ccc(C(=O)O)o1. The van der Waals surface area contributed by atoms with Gasteiger partial charge in [-0.2, -0.15) is 0 Å². The number of carbonyl (C=O) groups is 1. The number of hydrogen-bond donors (Lipinski definition) is 2. The second-order valence-electron chi connectivity index (χ2n) is 4.64. The molecule has 0 unspecified atom stereocenters. The first-order chi connectivity index (χ1) is 9.88. The van der Waals surface area contributed by atoms with E-state index < -0.39 is 10.9 Å². The Bertz CT molecular complexity index is 705. The average Bonchev–Trinajstić information content (AvgIpc) is 2.88. The van der Waals surface area contributed by atoms with Gasteiger partial charge in [-0.25, -0.2) is 4.79 Å². The highest BCUT2D eigenvalue weighted by Crippen LogP contribution is 2.26. The van der Waals surface area contributed by atoms with Crippen LogP contribution < -0.4 is 5.32 Å². The minimum Gasteiger partial charge on any atom is -0.475 e. The van der Waals surface area contributed by atoms with Gasteiger partial charge in [0.2, 0.25) is 5.76 Å².